The molecule has 3 rings (SSSR count). The Hall–Kier alpha value is -2.81. The van der Waals surface area contributed by atoms with Gasteiger partial charge in [0.25, 0.3) is 5.91 Å². The van der Waals surface area contributed by atoms with Crippen molar-refractivity contribution in [2.45, 2.75) is 40.0 Å². The van der Waals surface area contributed by atoms with Crippen molar-refractivity contribution in [3.8, 4) is 0 Å². The number of nitrogens with zero attached hydrogens (tertiary/aromatic N) is 2. The highest BCUT2D eigenvalue weighted by atomic mass is 32.1. The summed E-state index contributed by atoms with van der Waals surface area (Å²) in [6, 6.07) is 0. The fourth-order valence-electron chi connectivity index (χ4n) is 3.12. The van der Waals surface area contributed by atoms with Crippen LogP contribution in [-0.4, -0.2) is 41.0 Å². The van der Waals surface area contributed by atoms with Gasteiger partial charge in [0.2, 0.25) is 0 Å². The van der Waals surface area contributed by atoms with Gasteiger partial charge in [-0.1, -0.05) is 6.92 Å². The third-order valence-electron chi connectivity index (χ3n) is 4.57. The van der Waals surface area contributed by atoms with Gasteiger partial charge in [0.15, 0.2) is 12.3 Å². The molecule has 1 N–H and O–H groups in total. The first-order valence-electron chi connectivity index (χ1n) is 9.46. The van der Waals surface area contributed by atoms with Crippen LogP contribution in [0.25, 0.3) is 0 Å². The van der Waals surface area contributed by atoms with E-state index < -0.39 is 24.5 Å². The highest BCUT2D eigenvalue weighted by Gasteiger charge is 2.29. The van der Waals surface area contributed by atoms with Crippen molar-refractivity contribution in [3.63, 3.8) is 0 Å². The molecule has 0 saturated carbocycles. The number of nitrogens with one attached hydrogen (secondary N) is 1. The van der Waals surface area contributed by atoms with Gasteiger partial charge >= 0.3 is 11.9 Å². The first-order valence-corrected chi connectivity index (χ1v) is 10.3. The lowest BCUT2D eigenvalue weighted by atomic mass is 9.88. The first kappa shape index (κ1) is 20.9. The van der Waals surface area contributed by atoms with Gasteiger partial charge in [0.05, 0.1) is 24.1 Å². The second kappa shape index (κ2) is 9.13. The quantitative estimate of drug-likeness (QED) is 0.720. The van der Waals surface area contributed by atoms with Crippen molar-refractivity contribution >= 4 is 34.2 Å². The summed E-state index contributed by atoms with van der Waals surface area (Å²) in [5.74, 6) is -1.19. The summed E-state index contributed by atoms with van der Waals surface area (Å²) in [4.78, 5) is 45.8. The zero-order chi connectivity index (χ0) is 21.0. The number of fused-ring (bicyclic) bond motifs is 1. The predicted octanol–water partition coefficient (Wildman–Crippen LogP) is 2.94. The van der Waals surface area contributed by atoms with Crippen molar-refractivity contribution in [1.29, 1.82) is 0 Å². The van der Waals surface area contributed by atoms with Crippen LogP contribution >= 0.6 is 11.3 Å². The Bertz CT molecular complexity index is 923. The fourth-order valence-corrected chi connectivity index (χ4v) is 4.54. The Balaban J connectivity index is 1.70. The highest BCUT2D eigenvalue weighted by Crippen LogP contribution is 2.40. The number of aryl methyl sites for hydroxylation is 1. The molecule has 2 aromatic rings. The normalized spacial score (nSPS) is 15.3. The first-order chi connectivity index (χ1) is 13.9. The molecule has 2 aromatic heterocycles. The average molecular weight is 417 g/mol. The molecule has 0 aliphatic heterocycles. The number of rotatable bonds is 6. The molecule has 2 heterocycles. The van der Waals surface area contributed by atoms with Crippen molar-refractivity contribution in [2.75, 3.05) is 18.5 Å². The van der Waals surface area contributed by atoms with Gasteiger partial charge in [-0.2, -0.15) is 0 Å². The lowest BCUT2D eigenvalue weighted by molar-refractivity contribution is -0.119. The molecule has 0 bridgehead atoms. The minimum Gasteiger partial charge on any atom is -0.462 e. The minimum absolute atomic E-state index is 0.0242. The molecule has 1 aliphatic rings. The van der Waals surface area contributed by atoms with Crippen molar-refractivity contribution < 1.29 is 23.9 Å². The molecule has 0 aromatic carbocycles. The van der Waals surface area contributed by atoms with E-state index in [1.807, 2.05) is 0 Å². The van der Waals surface area contributed by atoms with E-state index >= 15 is 0 Å². The number of aromatic nitrogens is 2. The summed E-state index contributed by atoms with van der Waals surface area (Å²) < 4.78 is 10.2. The Morgan fingerprint density at radius 3 is 2.69 bits per heavy atom. The number of thiophene rings is 1. The standard InChI is InChI=1S/C20H23N3O5S/c1-4-27-20(26)17-13-6-5-11(2)7-15(13)29-18(17)23-16(24)10-28-19(25)14-9-21-12(3)8-22-14/h8-9,11H,4-7,10H2,1-3H3,(H,23,24). The monoisotopic (exact) mass is 417 g/mol. The number of amides is 1. The van der Waals surface area contributed by atoms with E-state index in [0.717, 1.165) is 29.7 Å². The summed E-state index contributed by atoms with van der Waals surface area (Å²) in [6.07, 6.45) is 5.36. The lowest BCUT2D eigenvalue weighted by Gasteiger charge is -2.18. The van der Waals surface area contributed by atoms with Gasteiger partial charge in [0.1, 0.15) is 5.00 Å². The maximum absolute atomic E-state index is 12.5. The van der Waals surface area contributed by atoms with Crippen LogP contribution in [0.1, 0.15) is 57.2 Å². The van der Waals surface area contributed by atoms with Gasteiger partial charge in [0, 0.05) is 11.1 Å². The molecule has 1 unspecified atom stereocenters. The number of carbonyl (C=O) groups is 3. The van der Waals surface area contributed by atoms with Crippen LogP contribution in [0.2, 0.25) is 0 Å². The van der Waals surface area contributed by atoms with Crippen LogP contribution < -0.4 is 5.32 Å². The molecule has 0 fully saturated rings. The SMILES string of the molecule is CCOC(=O)c1c(NC(=O)COC(=O)c2cnc(C)cn2)sc2c1CCC(C)C2. The molecule has 154 valence electrons. The van der Waals surface area contributed by atoms with Crippen LogP contribution in [0.3, 0.4) is 0 Å². The summed E-state index contributed by atoms with van der Waals surface area (Å²) in [5.41, 5.74) is 2.06. The molecular weight excluding hydrogens is 394 g/mol. The molecule has 0 radical (unpaired) electrons. The molecule has 0 spiro atoms. The van der Waals surface area contributed by atoms with Gasteiger partial charge in [-0.05, 0) is 44.6 Å². The summed E-state index contributed by atoms with van der Waals surface area (Å²) in [5, 5.41) is 3.15. The Morgan fingerprint density at radius 2 is 2.00 bits per heavy atom. The van der Waals surface area contributed by atoms with Crippen molar-refractivity contribution in [1.82, 2.24) is 9.97 Å². The van der Waals surface area contributed by atoms with Gasteiger partial charge < -0.3 is 14.8 Å². The Kier molecular flexibility index (Phi) is 6.58. The maximum Gasteiger partial charge on any atom is 0.359 e. The van der Waals surface area contributed by atoms with Crippen molar-refractivity contribution in [3.05, 3.63) is 39.8 Å². The average Bonchev–Trinajstić information content (AvgIpc) is 3.03. The Morgan fingerprint density at radius 1 is 1.21 bits per heavy atom. The topological polar surface area (TPSA) is 107 Å². The number of ether oxygens (including phenoxy) is 2. The van der Waals surface area contributed by atoms with E-state index in [2.05, 4.69) is 22.2 Å². The second-order valence-corrected chi connectivity index (χ2v) is 8.05. The smallest absolute Gasteiger partial charge is 0.359 e. The summed E-state index contributed by atoms with van der Waals surface area (Å²) >= 11 is 1.38. The third-order valence-corrected chi connectivity index (χ3v) is 5.74. The van der Waals surface area contributed by atoms with Gasteiger partial charge in [-0.25, -0.2) is 14.6 Å². The Labute approximate surface area is 172 Å². The number of hydrogen-bond acceptors (Lipinski definition) is 8. The molecule has 1 atom stereocenters. The summed E-state index contributed by atoms with van der Waals surface area (Å²) in [6.45, 7) is 5.42. The molecule has 9 heteroatoms. The van der Waals surface area contributed by atoms with Crippen LogP contribution in [0, 0.1) is 12.8 Å². The van der Waals surface area contributed by atoms with Gasteiger partial charge in [-0.15, -0.1) is 11.3 Å². The lowest BCUT2D eigenvalue weighted by Crippen LogP contribution is -2.22. The molecule has 1 aliphatic carbocycles. The van der Waals surface area contributed by atoms with E-state index in [-0.39, 0.29) is 12.3 Å². The number of hydrogen-bond donors (Lipinski definition) is 1. The fraction of sp³-hybridized carbons (Fsp3) is 0.450. The molecule has 0 saturated heterocycles. The molecule has 8 nitrogen and oxygen atoms in total. The van der Waals surface area contributed by atoms with E-state index in [9.17, 15) is 14.4 Å². The third kappa shape index (κ3) is 4.97. The van der Waals surface area contributed by atoms with E-state index in [0.29, 0.717) is 22.2 Å². The maximum atomic E-state index is 12.5. The number of esters is 2. The predicted molar refractivity (Wildman–Crippen MR) is 107 cm³/mol. The van der Waals surface area contributed by atoms with Crippen LogP contribution in [0.5, 0.6) is 0 Å². The largest absolute Gasteiger partial charge is 0.462 e. The van der Waals surface area contributed by atoms with E-state index in [1.165, 1.54) is 23.7 Å². The highest BCUT2D eigenvalue weighted by molar-refractivity contribution is 7.17. The molecule has 29 heavy (non-hydrogen) atoms. The van der Waals surface area contributed by atoms with E-state index in [4.69, 9.17) is 9.47 Å². The second-order valence-electron chi connectivity index (χ2n) is 6.94. The zero-order valence-corrected chi connectivity index (χ0v) is 17.4. The molecule has 1 amide bonds. The minimum atomic E-state index is -0.738. The molecular formula is C20H23N3O5S. The number of carbonyl (C=O) groups excluding carboxylic acids is 3. The van der Waals surface area contributed by atoms with Crippen LogP contribution in [0.4, 0.5) is 5.00 Å². The number of anilines is 1. The van der Waals surface area contributed by atoms with Crippen LogP contribution in [0.15, 0.2) is 12.4 Å². The van der Waals surface area contributed by atoms with E-state index in [1.54, 1.807) is 13.8 Å². The van der Waals surface area contributed by atoms with Crippen molar-refractivity contribution in [2.24, 2.45) is 5.92 Å². The summed E-state index contributed by atoms with van der Waals surface area (Å²) in [7, 11) is 0. The zero-order valence-electron chi connectivity index (χ0n) is 16.6. The van der Waals surface area contributed by atoms with Crippen LogP contribution in [-0.2, 0) is 27.1 Å². The van der Waals surface area contributed by atoms with Gasteiger partial charge in [-0.3, -0.25) is 9.78 Å².